The molecule has 108 heavy (non-hydrogen) atoms. The van der Waals surface area contributed by atoms with Gasteiger partial charge in [-0.3, -0.25) is 57.5 Å². The van der Waals surface area contributed by atoms with E-state index in [0.717, 1.165) is 0 Å². The molecule has 0 unspecified atom stereocenters. The highest BCUT2D eigenvalue weighted by atomic mass is 16.6. The number of aliphatic carboxylic acids is 1. The lowest BCUT2D eigenvalue weighted by Crippen LogP contribution is -2.60. The standard InChI is InChI=1S/C72H123N15O21/c1-43(62(97)86-35-23-29-51(86)64(99)87-36-24-30-52(87)63(98)85-34-22-28-50(85)61(96)83-47(41-105-69(5,6)7)58(93)80-45(65(100)101)26-18-20-32-75-67(103)108-72(14,15)16)79-54(89)38-78-57(92)46(40-104-68(2,3)4)81-59(94)48(42-106-70(8,9)10)82-60(95)49-27-21-33-84(49)55(90)39-76-53(88)37-77-56(91)44(73)25-17-19-31-74-66(102)107-71(11,12)13/h43-52H,17-42,73H2,1-16H3,(H,74,102)(H,75,103)(H,76,88)(H,77,91)(H,78,92)(H,79,89)(H,80,93)(H,81,94)(H,82,95)(H,83,96)(H,100,101)/t43-,44-,45-,46-,47-,48-,49-,50-,51-,52-/m0/s1. The lowest BCUT2D eigenvalue weighted by Gasteiger charge is -2.35. The Kier molecular flexibility index (Phi) is 35.6. The number of rotatable bonds is 37. The Morgan fingerprint density at radius 2 is 0.787 bits per heavy atom. The summed E-state index contributed by atoms with van der Waals surface area (Å²) in [5.41, 5.74) is 2.19. The minimum Gasteiger partial charge on any atom is -0.480 e. The molecule has 4 fully saturated rings. The quantitative estimate of drug-likeness (QED) is 0.0364. The van der Waals surface area contributed by atoms with Gasteiger partial charge in [0.25, 0.3) is 0 Å². The minimum absolute atomic E-state index is 0.00481. The van der Waals surface area contributed by atoms with Gasteiger partial charge in [-0.15, -0.1) is 0 Å². The molecule has 36 nitrogen and oxygen atoms in total. The molecule has 0 aliphatic carbocycles. The molecule has 612 valence electrons. The zero-order chi connectivity index (χ0) is 81.2. The van der Waals surface area contributed by atoms with E-state index in [4.69, 9.17) is 29.4 Å². The molecule has 36 heteroatoms. The SMILES string of the molecule is C[C@H](NC(=O)CNC(=O)[C@H](COC(C)(C)C)NC(=O)[C@H](COC(C)(C)C)NC(=O)[C@@H]1CCCN1C(=O)CNC(=O)CNC(=O)[C@@H](N)CCCCNC(=O)OC(C)(C)C)C(=O)N1CCC[C@H]1C(=O)N1CCC[C@H]1C(=O)N1CCC[C@H]1C(=O)N[C@@H](COC(C)(C)C)C(=O)N[C@@H](CCCCNC(=O)OC(C)(C)C)C(=O)O. The molecular weight excluding hydrogens is 1410 g/mol. The highest BCUT2D eigenvalue weighted by molar-refractivity contribution is 5.99. The van der Waals surface area contributed by atoms with Crippen LogP contribution in [0.2, 0.25) is 0 Å². The van der Waals surface area contributed by atoms with Crippen molar-refractivity contribution in [2.75, 3.05) is 78.7 Å². The summed E-state index contributed by atoms with van der Waals surface area (Å²) in [4.78, 5) is 208. The molecule has 0 bridgehead atoms. The average molecular weight is 1530 g/mol. The largest absolute Gasteiger partial charge is 0.480 e. The lowest BCUT2D eigenvalue weighted by atomic mass is 10.1. The topological polar surface area (TPSA) is 482 Å². The summed E-state index contributed by atoms with van der Waals surface area (Å²) in [5, 5.41) is 35.7. The summed E-state index contributed by atoms with van der Waals surface area (Å²) in [6.45, 7) is 25.5. The smallest absolute Gasteiger partial charge is 0.407 e. The van der Waals surface area contributed by atoms with E-state index in [1.54, 1.807) is 104 Å². The number of amides is 14. The first-order valence-corrected chi connectivity index (χ1v) is 37.5. The number of nitrogens with one attached hydrogen (secondary N) is 10. The Morgan fingerprint density at radius 3 is 1.24 bits per heavy atom. The van der Waals surface area contributed by atoms with E-state index < -0.39 is 210 Å². The summed E-state index contributed by atoms with van der Waals surface area (Å²) in [6, 6.07) is -12.0. The molecule has 0 saturated carbocycles. The van der Waals surface area contributed by atoms with E-state index in [1.807, 2.05) is 0 Å². The number of hydrogen-bond donors (Lipinski definition) is 12. The highest BCUT2D eigenvalue weighted by Gasteiger charge is 2.47. The number of nitrogens with two attached hydrogens (primary N) is 1. The van der Waals surface area contributed by atoms with Gasteiger partial charge in [0.2, 0.25) is 70.9 Å². The molecule has 4 saturated heterocycles. The molecule has 4 aliphatic rings. The van der Waals surface area contributed by atoms with Gasteiger partial charge >= 0.3 is 18.2 Å². The number of nitrogens with zero attached hydrogens (tertiary/aromatic N) is 4. The van der Waals surface area contributed by atoms with Gasteiger partial charge in [-0.1, -0.05) is 0 Å². The molecule has 10 atom stereocenters. The molecule has 14 amide bonds. The van der Waals surface area contributed by atoms with Crippen LogP contribution in [0.3, 0.4) is 0 Å². The van der Waals surface area contributed by atoms with Crippen molar-refractivity contribution in [3.05, 3.63) is 0 Å². The molecule has 4 rings (SSSR count). The van der Waals surface area contributed by atoms with Gasteiger partial charge in [-0.25, -0.2) is 14.4 Å². The number of carbonyl (C=O) groups excluding carboxylic acids is 14. The Hall–Kier alpha value is -8.51. The second-order valence-electron chi connectivity index (χ2n) is 32.6. The highest BCUT2D eigenvalue weighted by Crippen LogP contribution is 2.30. The third kappa shape index (κ3) is 32.7. The first-order valence-electron chi connectivity index (χ1n) is 37.5. The van der Waals surface area contributed by atoms with Crippen LogP contribution in [0.15, 0.2) is 0 Å². The first kappa shape index (κ1) is 91.9. The second kappa shape index (κ2) is 41.9. The number of unbranched alkanes of at least 4 members (excludes halogenated alkanes) is 2. The predicted octanol–water partition coefficient (Wildman–Crippen LogP) is -0.00990. The van der Waals surface area contributed by atoms with E-state index in [0.29, 0.717) is 57.9 Å². The van der Waals surface area contributed by atoms with E-state index in [9.17, 15) is 77.0 Å². The van der Waals surface area contributed by atoms with Crippen molar-refractivity contribution in [1.82, 2.24) is 72.8 Å². The summed E-state index contributed by atoms with van der Waals surface area (Å²) >= 11 is 0. The first-order chi connectivity index (χ1) is 50.1. The van der Waals surface area contributed by atoms with E-state index in [1.165, 1.54) is 26.5 Å². The van der Waals surface area contributed by atoms with Crippen LogP contribution >= 0.6 is 0 Å². The number of alkyl carbamates (subject to hydrolysis) is 2. The van der Waals surface area contributed by atoms with Crippen molar-refractivity contribution in [1.29, 1.82) is 0 Å². The van der Waals surface area contributed by atoms with Gasteiger partial charge in [0.1, 0.15) is 65.6 Å². The van der Waals surface area contributed by atoms with Crippen molar-refractivity contribution in [2.45, 2.75) is 289 Å². The summed E-state index contributed by atoms with van der Waals surface area (Å²) in [5.74, 6) is -9.73. The normalized spacial score (nSPS) is 19.3. The van der Waals surface area contributed by atoms with Gasteiger partial charge in [0.05, 0.1) is 62.3 Å². The predicted molar refractivity (Wildman–Crippen MR) is 392 cm³/mol. The van der Waals surface area contributed by atoms with Gasteiger partial charge in [-0.2, -0.15) is 0 Å². The molecule has 0 aromatic carbocycles. The van der Waals surface area contributed by atoms with Crippen LogP contribution < -0.4 is 58.9 Å². The maximum atomic E-state index is 14.6. The van der Waals surface area contributed by atoms with Crippen LogP contribution in [0.1, 0.15) is 201 Å². The zero-order valence-electron chi connectivity index (χ0n) is 66.1. The van der Waals surface area contributed by atoms with Crippen LogP contribution in [0.5, 0.6) is 0 Å². The number of carboxylic acid groups (broad SMARTS) is 1. The van der Waals surface area contributed by atoms with E-state index >= 15 is 0 Å². The zero-order valence-corrected chi connectivity index (χ0v) is 66.1. The van der Waals surface area contributed by atoms with Crippen molar-refractivity contribution >= 4 is 89.0 Å². The molecule has 4 aliphatic heterocycles. The van der Waals surface area contributed by atoms with E-state index in [-0.39, 0.29) is 77.9 Å². The summed E-state index contributed by atoms with van der Waals surface area (Å²) in [6.07, 6.45) is 3.30. The molecular formula is C72H123N15O21. The molecule has 0 spiro atoms. The van der Waals surface area contributed by atoms with Crippen molar-refractivity contribution in [3.8, 4) is 0 Å². The maximum absolute atomic E-state index is 14.6. The van der Waals surface area contributed by atoms with Crippen molar-refractivity contribution < 1.29 is 101 Å². The number of carboxylic acids is 1. The second-order valence-corrected chi connectivity index (χ2v) is 32.6. The summed E-state index contributed by atoms with van der Waals surface area (Å²) < 4.78 is 28.2. The number of ether oxygens (including phenoxy) is 5. The number of carbonyl (C=O) groups is 15. The van der Waals surface area contributed by atoms with Gasteiger partial charge < -0.3 is 107 Å². The maximum Gasteiger partial charge on any atom is 0.407 e. The van der Waals surface area contributed by atoms with Crippen LogP contribution in [0.25, 0.3) is 0 Å². The van der Waals surface area contributed by atoms with Crippen LogP contribution in [0, 0.1) is 0 Å². The van der Waals surface area contributed by atoms with E-state index in [2.05, 4.69) is 53.2 Å². The Balaban J connectivity index is 1.34. The van der Waals surface area contributed by atoms with Gasteiger partial charge in [0, 0.05) is 39.3 Å². The van der Waals surface area contributed by atoms with Crippen molar-refractivity contribution in [2.24, 2.45) is 5.73 Å². The van der Waals surface area contributed by atoms with Crippen LogP contribution in [-0.2, 0) is 86.0 Å². The Bertz CT molecular complexity index is 3140. The Morgan fingerprint density at radius 1 is 0.407 bits per heavy atom. The fourth-order valence-corrected chi connectivity index (χ4v) is 12.1. The number of hydrogen-bond acceptors (Lipinski definition) is 21. The van der Waals surface area contributed by atoms with Gasteiger partial charge in [-0.05, 0) is 201 Å². The minimum atomic E-state index is -1.48. The molecule has 0 radical (unpaired) electrons. The van der Waals surface area contributed by atoms with Crippen LogP contribution in [-0.4, -0.2) is 281 Å². The molecule has 4 heterocycles. The van der Waals surface area contributed by atoms with Crippen molar-refractivity contribution in [3.63, 3.8) is 0 Å². The fraction of sp³-hybridized carbons (Fsp3) is 0.792. The molecule has 0 aromatic rings. The molecule has 0 aromatic heterocycles. The third-order valence-corrected chi connectivity index (χ3v) is 17.5. The Labute approximate surface area is 633 Å². The summed E-state index contributed by atoms with van der Waals surface area (Å²) in [7, 11) is 0. The number of likely N-dealkylation sites (tertiary alicyclic amines) is 4. The monoisotopic (exact) mass is 1530 g/mol. The lowest BCUT2D eigenvalue weighted by molar-refractivity contribution is -0.151. The van der Waals surface area contributed by atoms with Gasteiger partial charge in [0.15, 0.2) is 0 Å². The third-order valence-electron chi connectivity index (χ3n) is 17.5. The van der Waals surface area contributed by atoms with Crippen LogP contribution in [0.4, 0.5) is 9.59 Å². The molecule has 13 N–H and O–H groups in total. The fourth-order valence-electron chi connectivity index (χ4n) is 12.1. The average Bonchev–Trinajstić information content (AvgIpc) is 1.63.